The van der Waals surface area contributed by atoms with E-state index in [0.717, 1.165) is 6.42 Å². The fourth-order valence-corrected chi connectivity index (χ4v) is 1.84. The smallest absolute Gasteiger partial charge is 0.254 e. The number of nitrogens with zero attached hydrogens (tertiary/aromatic N) is 1. The van der Waals surface area contributed by atoms with Gasteiger partial charge in [0.15, 0.2) is 0 Å². The van der Waals surface area contributed by atoms with Gasteiger partial charge >= 0.3 is 0 Å². The normalized spacial score (nSPS) is 12.2. The molecule has 0 bridgehead atoms. The van der Waals surface area contributed by atoms with Gasteiger partial charge < -0.3 is 10.4 Å². The minimum atomic E-state index is -0.525. The molecule has 1 amide bonds. The lowest BCUT2D eigenvalue weighted by Gasteiger charge is -2.11. The molecule has 0 fully saturated rings. The largest absolute Gasteiger partial charge is 0.391 e. The molecular weight excluding hydrogens is 307 g/mol. The van der Waals surface area contributed by atoms with Gasteiger partial charge in [-0.25, -0.2) is 4.98 Å². The second kappa shape index (κ2) is 6.93. The van der Waals surface area contributed by atoms with Crippen LogP contribution in [0.15, 0.2) is 16.7 Å². The van der Waals surface area contributed by atoms with E-state index in [1.807, 2.05) is 6.92 Å². The summed E-state index contributed by atoms with van der Waals surface area (Å²) in [7, 11) is 0. The summed E-state index contributed by atoms with van der Waals surface area (Å²) >= 11 is 9.03. The number of halogens is 2. The molecule has 0 radical (unpaired) electrons. The van der Waals surface area contributed by atoms with Gasteiger partial charge in [-0.1, -0.05) is 24.9 Å². The summed E-state index contributed by atoms with van der Waals surface area (Å²) in [6.45, 7) is 2.19. The molecule has 17 heavy (non-hydrogen) atoms. The number of aliphatic hydroxyl groups is 1. The average molecular weight is 322 g/mol. The summed E-state index contributed by atoms with van der Waals surface area (Å²) in [4.78, 5) is 15.6. The maximum Gasteiger partial charge on any atom is 0.254 e. The van der Waals surface area contributed by atoms with Crippen molar-refractivity contribution in [1.82, 2.24) is 10.3 Å². The number of carbonyl (C=O) groups is 1. The van der Waals surface area contributed by atoms with Crippen LogP contribution in [0.4, 0.5) is 0 Å². The van der Waals surface area contributed by atoms with Crippen LogP contribution in [0.25, 0.3) is 0 Å². The lowest BCUT2D eigenvalue weighted by Crippen LogP contribution is -2.32. The second-order valence-corrected chi connectivity index (χ2v) is 4.92. The van der Waals surface area contributed by atoms with Gasteiger partial charge in [0.25, 0.3) is 5.91 Å². The third kappa shape index (κ3) is 4.61. The molecule has 1 rings (SSSR count). The lowest BCUT2D eigenvalue weighted by atomic mass is 10.2. The molecule has 1 unspecified atom stereocenters. The maximum atomic E-state index is 11.8. The van der Waals surface area contributed by atoms with Gasteiger partial charge in [-0.05, 0) is 28.4 Å². The van der Waals surface area contributed by atoms with Crippen molar-refractivity contribution < 1.29 is 9.90 Å². The van der Waals surface area contributed by atoms with Gasteiger partial charge in [0, 0.05) is 17.2 Å². The minimum absolute atomic E-state index is 0.149. The summed E-state index contributed by atoms with van der Waals surface area (Å²) in [6, 6.07) is 1.59. The zero-order valence-corrected chi connectivity index (χ0v) is 11.8. The fourth-order valence-electron chi connectivity index (χ4n) is 1.32. The van der Waals surface area contributed by atoms with E-state index < -0.39 is 6.10 Å². The van der Waals surface area contributed by atoms with Crippen molar-refractivity contribution in [2.45, 2.75) is 25.9 Å². The van der Waals surface area contributed by atoms with Crippen molar-refractivity contribution in [2.24, 2.45) is 0 Å². The van der Waals surface area contributed by atoms with Gasteiger partial charge in [0.2, 0.25) is 0 Å². The Balaban J connectivity index is 2.61. The topological polar surface area (TPSA) is 62.2 Å². The van der Waals surface area contributed by atoms with Gasteiger partial charge in [-0.15, -0.1) is 0 Å². The van der Waals surface area contributed by atoms with E-state index in [1.165, 1.54) is 6.20 Å². The second-order valence-electron chi connectivity index (χ2n) is 3.64. The van der Waals surface area contributed by atoms with Crippen molar-refractivity contribution >= 4 is 33.4 Å². The zero-order valence-electron chi connectivity index (χ0n) is 9.41. The number of hydrogen-bond acceptors (Lipinski definition) is 3. The Morgan fingerprint density at radius 3 is 3.06 bits per heavy atom. The van der Waals surface area contributed by atoms with Crippen LogP contribution in [0, 0.1) is 0 Å². The van der Waals surface area contributed by atoms with Crippen molar-refractivity contribution in [1.29, 1.82) is 0 Å². The number of aliphatic hydroxyl groups excluding tert-OH is 1. The van der Waals surface area contributed by atoms with Gasteiger partial charge in [-0.3, -0.25) is 4.79 Å². The average Bonchev–Trinajstić information content (AvgIpc) is 2.29. The number of rotatable bonds is 5. The van der Waals surface area contributed by atoms with Crippen LogP contribution in [-0.4, -0.2) is 28.6 Å². The van der Waals surface area contributed by atoms with Crippen LogP contribution < -0.4 is 5.32 Å². The van der Waals surface area contributed by atoms with Gasteiger partial charge in [-0.2, -0.15) is 0 Å². The molecular formula is C11H14BrClN2O2. The summed E-state index contributed by atoms with van der Waals surface area (Å²) in [5.41, 5.74) is 0.296. The monoisotopic (exact) mass is 320 g/mol. The van der Waals surface area contributed by atoms with Crippen LogP contribution in [0.1, 0.15) is 30.1 Å². The van der Waals surface area contributed by atoms with E-state index >= 15 is 0 Å². The van der Waals surface area contributed by atoms with Crippen molar-refractivity contribution in [3.8, 4) is 0 Å². The number of aromatic nitrogens is 1. The predicted octanol–water partition coefficient (Wildman–Crippen LogP) is 2.39. The molecule has 6 heteroatoms. The fraction of sp³-hybridized carbons (Fsp3) is 0.455. The number of pyridine rings is 1. The molecule has 0 aliphatic heterocycles. The highest BCUT2D eigenvalue weighted by Gasteiger charge is 2.13. The van der Waals surface area contributed by atoms with Crippen LogP contribution >= 0.6 is 27.5 Å². The molecule has 1 atom stereocenters. The molecule has 1 aromatic rings. The third-order valence-corrected chi connectivity index (χ3v) is 2.91. The molecule has 2 N–H and O–H groups in total. The third-order valence-electron chi connectivity index (χ3n) is 2.17. The zero-order chi connectivity index (χ0) is 12.8. The Labute approximate surface area is 114 Å². The van der Waals surface area contributed by atoms with Crippen molar-refractivity contribution in [2.75, 3.05) is 6.54 Å². The van der Waals surface area contributed by atoms with E-state index in [0.29, 0.717) is 16.5 Å². The molecule has 4 nitrogen and oxygen atoms in total. The predicted molar refractivity (Wildman–Crippen MR) is 70.2 cm³/mol. The Hall–Kier alpha value is -0.650. The first-order valence-corrected chi connectivity index (χ1v) is 6.49. The van der Waals surface area contributed by atoms with Gasteiger partial charge in [0.05, 0.1) is 11.7 Å². The van der Waals surface area contributed by atoms with E-state index in [-0.39, 0.29) is 17.6 Å². The van der Waals surface area contributed by atoms with Crippen LogP contribution in [0.2, 0.25) is 5.15 Å². The molecule has 1 aromatic heterocycles. The molecule has 0 aliphatic rings. The molecule has 1 heterocycles. The standard InChI is InChI=1S/C11H14BrClN2O2/c1-2-3-8(16)6-15-11(17)9-4-7(12)5-14-10(9)13/h4-5,8,16H,2-3,6H2,1H3,(H,15,17). The van der Waals surface area contributed by atoms with E-state index in [1.54, 1.807) is 6.07 Å². The Bertz CT molecular complexity index is 401. The number of amides is 1. The number of hydrogen-bond donors (Lipinski definition) is 2. The highest BCUT2D eigenvalue weighted by molar-refractivity contribution is 9.10. The SMILES string of the molecule is CCCC(O)CNC(=O)c1cc(Br)cnc1Cl. The Morgan fingerprint density at radius 2 is 2.41 bits per heavy atom. The Morgan fingerprint density at radius 1 is 1.71 bits per heavy atom. The van der Waals surface area contributed by atoms with Crippen molar-refractivity contribution in [3.63, 3.8) is 0 Å². The lowest BCUT2D eigenvalue weighted by molar-refractivity contribution is 0.0910. The Kier molecular flexibility index (Phi) is 5.88. The quantitative estimate of drug-likeness (QED) is 0.819. The molecule has 0 aromatic carbocycles. The van der Waals surface area contributed by atoms with Crippen LogP contribution in [0.5, 0.6) is 0 Å². The summed E-state index contributed by atoms with van der Waals surface area (Å²) in [5, 5.41) is 12.3. The summed E-state index contributed by atoms with van der Waals surface area (Å²) in [5.74, 6) is -0.334. The van der Waals surface area contributed by atoms with E-state index in [2.05, 4.69) is 26.2 Å². The maximum absolute atomic E-state index is 11.8. The molecule has 94 valence electrons. The molecule has 0 aliphatic carbocycles. The number of carbonyl (C=O) groups excluding carboxylic acids is 1. The molecule has 0 saturated heterocycles. The summed E-state index contributed by atoms with van der Waals surface area (Å²) < 4.78 is 0.682. The molecule has 0 saturated carbocycles. The van der Waals surface area contributed by atoms with E-state index in [9.17, 15) is 9.90 Å². The van der Waals surface area contributed by atoms with E-state index in [4.69, 9.17) is 11.6 Å². The number of nitrogens with one attached hydrogen (secondary N) is 1. The van der Waals surface area contributed by atoms with Gasteiger partial charge in [0.1, 0.15) is 5.15 Å². The van der Waals surface area contributed by atoms with Crippen molar-refractivity contribution in [3.05, 3.63) is 27.5 Å². The summed E-state index contributed by atoms with van der Waals surface area (Å²) in [6.07, 6.45) is 2.52. The first-order chi connectivity index (χ1) is 8.04. The molecule has 0 spiro atoms. The minimum Gasteiger partial charge on any atom is -0.391 e. The highest BCUT2D eigenvalue weighted by atomic mass is 79.9. The van der Waals surface area contributed by atoms with Crippen LogP contribution in [0.3, 0.4) is 0 Å². The highest BCUT2D eigenvalue weighted by Crippen LogP contribution is 2.17. The van der Waals surface area contributed by atoms with Crippen LogP contribution in [-0.2, 0) is 0 Å². The first kappa shape index (κ1) is 14.4. The first-order valence-electron chi connectivity index (χ1n) is 5.32.